The van der Waals surface area contributed by atoms with Gasteiger partial charge in [-0.3, -0.25) is 4.79 Å². The van der Waals surface area contributed by atoms with E-state index < -0.39 is 0 Å². The highest BCUT2D eigenvalue weighted by molar-refractivity contribution is 7.10. The molecule has 0 saturated heterocycles. The molecule has 0 fully saturated rings. The molecule has 2 N–H and O–H groups in total. The summed E-state index contributed by atoms with van der Waals surface area (Å²) in [5.41, 5.74) is 1.85. The molecule has 2 heterocycles. The van der Waals surface area contributed by atoms with E-state index in [9.17, 15) is 4.79 Å². The van der Waals surface area contributed by atoms with Crippen molar-refractivity contribution in [2.45, 2.75) is 6.04 Å². The van der Waals surface area contributed by atoms with Crippen LogP contribution >= 0.6 is 11.3 Å². The molecule has 1 unspecified atom stereocenters. The zero-order valence-corrected chi connectivity index (χ0v) is 11.3. The van der Waals surface area contributed by atoms with Crippen molar-refractivity contribution in [3.05, 3.63) is 46.2 Å². The summed E-state index contributed by atoms with van der Waals surface area (Å²) in [6.07, 6.45) is 0. The second kappa shape index (κ2) is 5.03. The van der Waals surface area contributed by atoms with Crippen molar-refractivity contribution in [1.82, 2.24) is 5.32 Å². The molecule has 0 bridgehead atoms. The van der Waals surface area contributed by atoms with Crippen LogP contribution in [0.25, 0.3) is 0 Å². The normalized spacial score (nSPS) is 15.3. The third-order valence-corrected chi connectivity index (χ3v) is 4.02. The first-order chi connectivity index (χ1) is 9.28. The number of benzene rings is 1. The summed E-state index contributed by atoms with van der Waals surface area (Å²) < 4.78 is 5.36. The van der Waals surface area contributed by atoms with Crippen molar-refractivity contribution in [1.29, 1.82) is 0 Å². The van der Waals surface area contributed by atoms with Crippen LogP contribution in [0, 0.1) is 0 Å². The average Bonchev–Trinajstić information content (AvgIpc) is 2.93. The Labute approximate surface area is 115 Å². The Balaban J connectivity index is 1.97. The van der Waals surface area contributed by atoms with Crippen molar-refractivity contribution in [3.63, 3.8) is 0 Å². The van der Waals surface area contributed by atoms with E-state index in [0.717, 1.165) is 17.0 Å². The van der Waals surface area contributed by atoms with Gasteiger partial charge in [0.25, 0.3) is 5.91 Å². The average molecular weight is 274 g/mol. The molecule has 3 rings (SSSR count). The van der Waals surface area contributed by atoms with Gasteiger partial charge in [-0.1, -0.05) is 12.1 Å². The van der Waals surface area contributed by atoms with Crippen molar-refractivity contribution >= 4 is 22.9 Å². The minimum Gasteiger partial charge on any atom is -0.482 e. The van der Waals surface area contributed by atoms with Gasteiger partial charge >= 0.3 is 0 Å². The number of fused-ring (bicyclic) bond motifs is 1. The molecule has 1 aromatic carbocycles. The zero-order valence-electron chi connectivity index (χ0n) is 10.5. The number of hydrogen-bond acceptors (Lipinski definition) is 4. The van der Waals surface area contributed by atoms with Crippen LogP contribution < -0.4 is 15.4 Å². The van der Waals surface area contributed by atoms with E-state index in [1.54, 1.807) is 11.3 Å². The van der Waals surface area contributed by atoms with Crippen LogP contribution in [0.2, 0.25) is 0 Å². The predicted molar refractivity (Wildman–Crippen MR) is 75.8 cm³/mol. The van der Waals surface area contributed by atoms with E-state index in [4.69, 9.17) is 4.74 Å². The Kier molecular flexibility index (Phi) is 3.23. The molecule has 0 radical (unpaired) electrons. The number of amides is 1. The molecule has 5 heteroatoms. The van der Waals surface area contributed by atoms with Gasteiger partial charge in [0.05, 0.1) is 11.7 Å². The first-order valence-electron chi connectivity index (χ1n) is 6.05. The number of hydrogen-bond donors (Lipinski definition) is 2. The van der Waals surface area contributed by atoms with Gasteiger partial charge in [0.1, 0.15) is 5.75 Å². The van der Waals surface area contributed by atoms with E-state index in [2.05, 4.69) is 22.1 Å². The zero-order chi connectivity index (χ0) is 13.2. The van der Waals surface area contributed by atoms with E-state index in [1.807, 2.05) is 31.3 Å². The fourth-order valence-electron chi connectivity index (χ4n) is 2.21. The van der Waals surface area contributed by atoms with Gasteiger partial charge in [0.15, 0.2) is 6.61 Å². The van der Waals surface area contributed by atoms with Crippen LogP contribution in [-0.4, -0.2) is 19.6 Å². The van der Waals surface area contributed by atoms with Crippen molar-refractivity contribution in [3.8, 4) is 5.75 Å². The van der Waals surface area contributed by atoms with Gasteiger partial charge in [0, 0.05) is 4.88 Å². The lowest BCUT2D eigenvalue weighted by atomic mass is 10.0. The molecule has 98 valence electrons. The molecular weight excluding hydrogens is 260 g/mol. The largest absolute Gasteiger partial charge is 0.482 e. The van der Waals surface area contributed by atoms with Gasteiger partial charge in [-0.15, -0.1) is 11.3 Å². The molecule has 0 spiro atoms. The van der Waals surface area contributed by atoms with E-state index >= 15 is 0 Å². The molecule has 1 amide bonds. The van der Waals surface area contributed by atoms with Crippen molar-refractivity contribution in [2.75, 3.05) is 19.0 Å². The summed E-state index contributed by atoms with van der Waals surface area (Å²) in [5.74, 6) is 0.617. The quantitative estimate of drug-likeness (QED) is 0.903. The highest BCUT2D eigenvalue weighted by Gasteiger charge is 2.19. The molecule has 4 nitrogen and oxygen atoms in total. The number of ether oxygens (including phenoxy) is 1. The molecule has 1 atom stereocenters. The standard InChI is InChI=1S/C14H14N2O2S/c1-15-14(12-3-2-6-19-12)9-4-5-11-10(7-9)16-13(17)8-18-11/h2-7,14-15H,8H2,1H3,(H,16,17). The fraction of sp³-hybridized carbons (Fsp3) is 0.214. The summed E-state index contributed by atoms with van der Waals surface area (Å²) in [6, 6.07) is 10.2. The number of nitrogens with one attached hydrogen (secondary N) is 2. The molecule has 0 saturated carbocycles. The van der Waals surface area contributed by atoms with E-state index in [0.29, 0.717) is 0 Å². The maximum atomic E-state index is 11.4. The molecule has 2 aromatic rings. The fourth-order valence-corrected chi connectivity index (χ4v) is 3.07. The topological polar surface area (TPSA) is 50.4 Å². The smallest absolute Gasteiger partial charge is 0.262 e. The van der Waals surface area contributed by atoms with Crippen molar-refractivity contribution in [2.24, 2.45) is 0 Å². The SMILES string of the molecule is CNC(c1ccc2c(c1)NC(=O)CO2)c1cccs1. The van der Waals surface area contributed by atoms with Crippen LogP contribution in [0.5, 0.6) is 5.75 Å². The first kappa shape index (κ1) is 12.2. The number of anilines is 1. The second-order valence-electron chi connectivity index (χ2n) is 4.33. The van der Waals surface area contributed by atoms with E-state index in [-0.39, 0.29) is 18.6 Å². The highest BCUT2D eigenvalue weighted by atomic mass is 32.1. The third kappa shape index (κ3) is 2.34. The van der Waals surface area contributed by atoms with Crippen molar-refractivity contribution < 1.29 is 9.53 Å². The first-order valence-corrected chi connectivity index (χ1v) is 6.93. The van der Waals surface area contributed by atoms with Gasteiger partial charge < -0.3 is 15.4 Å². The van der Waals surface area contributed by atoms with Crippen LogP contribution in [0.4, 0.5) is 5.69 Å². The lowest BCUT2D eigenvalue weighted by Gasteiger charge is -2.21. The lowest BCUT2D eigenvalue weighted by molar-refractivity contribution is -0.118. The van der Waals surface area contributed by atoms with Crippen LogP contribution in [-0.2, 0) is 4.79 Å². The Bertz CT molecular complexity index is 595. The Hall–Kier alpha value is -1.85. The second-order valence-corrected chi connectivity index (χ2v) is 5.31. The van der Waals surface area contributed by atoms with Crippen LogP contribution in [0.1, 0.15) is 16.5 Å². The summed E-state index contributed by atoms with van der Waals surface area (Å²) >= 11 is 1.71. The third-order valence-electron chi connectivity index (χ3n) is 3.09. The van der Waals surface area contributed by atoms with Crippen LogP contribution in [0.15, 0.2) is 35.7 Å². The summed E-state index contributed by atoms with van der Waals surface area (Å²) in [4.78, 5) is 12.6. The number of thiophene rings is 1. The maximum absolute atomic E-state index is 11.4. The van der Waals surface area contributed by atoms with Gasteiger partial charge in [-0.25, -0.2) is 0 Å². The summed E-state index contributed by atoms with van der Waals surface area (Å²) in [7, 11) is 1.93. The molecule has 19 heavy (non-hydrogen) atoms. The van der Waals surface area contributed by atoms with Gasteiger partial charge in [-0.05, 0) is 36.2 Å². The molecule has 1 aromatic heterocycles. The van der Waals surface area contributed by atoms with Gasteiger partial charge in [-0.2, -0.15) is 0 Å². The van der Waals surface area contributed by atoms with Gasteiger partial charge in [0.2, 0.25) is 0 Å². The Morgan fingerprint density at radius 1 is 1.42 bits per heavy atom. The number of rotatable bonds is 3. The lowest BCUT2D eigenvalue weighted by Crippen LogP contribution is -2.26. The van der Waals surface area contributed by atoms with Crippen LogP contribution in [0.3, 0.4) is 0 Å². The summed E-state index contributed by atoms with van der Waals surface area (Å²) in [5, 5.41) is 8.19. The highest BCUT2D eigenvalue weighted by Crippen LogP contribution is 2.33. The minimum absolute atomic E-state index is 0.0900. The molecule has 1 aliphatic heterocycles. The summed E-state index contributed by atoms with van der Waals surface area (Å²) in [6.45, 7) is 0.0900. The monoisotopic (exact) mass is 274 g/mol. The maximum Gasteiger partial charge on any atom is 0.262 e. The predicted octanol–water partition coefficient (Wildman–Crippen LogP) is 2.39. The number of carbonyl (C=O) groups excluding carboxylic acids is 1. The molecule has 0 aliphatic carbocycles. The van der Waals surface area contributed by atoms with E-state index in [1.165, 1.54) is 4.88 Å². The molecular formula is C14H14N2O2S. The Morgan fingerprint density at radius 2 is 2.32 bits per heavy atom. The Morgan fingerprint density at radius 3 is 3.05 bits per heavy atom. The molecule has 1 aliphatic rings. The number of carbonyl (C=O) groups is 1. The minimum atomic E-state index is -0.109.